The Morgan fingerprint density at radius 2 is 1.70 bits per heavy atom. The van der Waals surface area contributed by atoms with Crippen LogP contribution in [0.25, 0.3) is 0 Å². The summed E-state index contributed by atoms with van der Waals surface area (Å²) in [6.45, 7) is 12.1. The Labute approximate surface area is 162 Å². The van der Waals surface area contributed by atoms with Crippen LogP contribution in [0.3, 0.4) is 0 Å². The lowest BCUT2D eigenvalue weighted by Gasteiger charge is -2.28. The number of aryl methyl sites for hydroxylation is 2. The first-order valence-corrected chi connectivity index (χ1v) is 10.2. The molecule has 0 bridgehead atoms. The van der Waals surface area contributed by atoms with Gasteiger partial charge < -0.3 is 9.80 Å². The maximum atomic E-state index is 13.2. The predicted molar refractivity (Wildman–Crippen MR) is 107 cm³/mol. The molecule has 3 atom stereocenters. The molecule has 0 spiro atoms. The molecule has 2 aliphatic heterocycles. The van der Waals surface area contributed by atoms with Crippen molar-refractivity contribution < 1.29 is 4.79 Å². The van der Waals surface area contributed by atoms with Gasteiger partial charge in [-0.3, -0.25) is 4.79 Å². The number of nitrogens with zero attached hydrogens (tertiary/aromatic N) is 4. The van der Waals surface area contributed by atoms with E-state index in [1.165, 1.54) is 0 Å². The molecular formula is C22H30N4O. The molecule has 1 amide bonds. The van der Waals surface area contributed by atoms with Gasteiger partial charge in [-0.1, -0.05) is 32.1 Å². The van der Waals surface area contributed by atoms with Gasteiger partial charge in [-0.05, 0) is 38.2 Å². The summed E-state index contributed by atoms with van der Waals surface area (Å²) < 4.78 is 0. The van der Waals surface area contributed by atoms with Crippen LogP contribution < -0.4 is 4.90 Å². The summed E-state index contributed by atoms with van der Waals surface area (Å²) >= 11 is 0. The molecule has 4 rings (SSSR count). The second kappa shape index (κ2) is 7.10. The minimum Gasteiger partial charge on any atom is -0.340 e. The topological polar surface area (TPSA) is 49.3 Å². The number of carbonyl (C=O) groups is 1. The molecule has 3 heterocycles. The average Bonchev–Trinajstić information content (AvgIpc) is 3.19. The standard InChI is InChI=1S/C22H30N4O/c1-14(2)19-7-5-6-8-20(19)21(27)25-10-17-12-26(13-18(17)11-25)22-23-15(3)9-16(4)24-22/h5-6,8-9,14,17-19H,7,10-13H2,1-4H3. The fraction of sp³-hybridized carbons (Fsp3) is 0.591. The van der Waals surface area contributed by atoms with E-state index in [1.54, 1.807) is 0 Å². The fourth-order valence-electron chi connectivity index (χ4n) is 4.86. The monoisotopic (exact) mass is 366 g/mol. The number of aromatic nitrogens is 2. The summed E-state index contributed by atoms with van der Waals surface area (Å²) in [6, 6.07) is 2.01. The van der Waals surface area contributed by atoms with Crippen LogP contribution in [-0.4, -0.2) is 47.0 Å². The number of rotatable bonds is 3. The van der Waals surface area contributed by atoms with Crippen LogP contribution >= 0.6 is 0 Å². The van der Waals surface area contributed by atoms with Crippen molar-refractivity contribution in [3.05, 3.63) is 41.3 Å². The second-order valence-electron chi connectivity index (χ2n) is 8.72. The van der Waals surface area contributed by atoms with Gasteiger partial charge in [-0.25, -0.2) is 9.97 Å². The quantitative estimate of drug-likeness (QED) is 0.825. The zero-order valence-electron chi connectivity index (χ0n) is 16.9. The molecule has 0 aromatic carbocycles. The van der Waals surface area contributed by atoms with Gasteiger partial charge in [0.25, 0.3) is 0 Å². The molecule has 0 radical (unpaired) electrons. The van der Waals surface area contributed by atoms with Crippen molar-refractivity contribution in [3.63, 3.8) is 0 Å². The number of likely N-dealkylation sites (tertiary alicyclic amines) is 1. The predicted octanol–water partition coefficient (Wildman–Crippen LogP) is 3.15. The number of carbonyl (C=O) groups excluding carboxylic acids is 1. The zero-order chi connectivity index (χ0) is 19.1. The maximum Gasteiger partial charge on any atom is 0.250 e. The molecule has 0 saturated carbocycles. The first-order valence-electron chi connectivity index (χ1n) is 10.2. The van der Waals surface area contributed by atoms with Crippen molar-refractivity contribution in [2.75, 3.05) is 31.1 Å². The van der Waals surface area contributed by atoms with Crippen molar-refractivity contribution >= 4 is 11.9 Å². The highest BCUT2D eigenvalue weighted by atomic mass is 16.2. The maximum absolute atomic E-state index is 13.2. The summed E-state index contributed by atoms with van der Waals surface area (Å²) in [4.78, 5) is 26.8. The Morgan fingerprint density at radius 1 is 1.07 bits per heavy atom. The number of fused-ring (bicyclic) bond motifs is 1. The third-order valence-corrected chi connectivity index (χ3v) is 6.28. The van der Waals surface area contributed by atoms with Crippen LogP contribution in [-0.2, 0) is 4.79 Å². The van der Waals surface area contributed by atoms with Crippen LogP contribution in [0.1, 0.15) is 31.7 Å². The Hall–Kier alpha value is -2.17. The van der Waals surface area contributed by atoms with E-state index in [-0.39, 0.29) is 5.91 Å². The summed E-state index contributed by atoms with van der Waals surface area (Å²) in [5.74, 6) is 2.99. The van der Waals surface area contributed by atoms with E-state index in [0.29, 0.717) is 23.7 Å². The molecule has 1 aliphatic carbocycles. The smallest absolute Gasteiger partial charge is 0.250 e. The number of hydrogen-bond acceptors (Lipinski definition) is 4. The summed E-state index contributed by atoms with van der Waals surface area (Å²) in [5.41, 5.74) is 3.04. The van der Waals surface area contributed by atoms with E-state index in [1.807, 2.05) is 32.1 Å². The average molecular weight is 367 g/mol. The minimum absolute atomic E-state index is 0.252. The number of allylic oxidation sites excluding steroid dienone is 3. The Kier molecular flexibility index (Phi) is 4.79. The highest BCUT2D eigenvalue weighted by molar-refractivity contribution is 5.94. The molecule has 2 saturated heterocycles. The molecule has 27 heavy (non-hydrogen) atoms. The third kappa shape index (κ3) is 3.52. The molecule has 2 fully saturated rings. The molecular weight excluding hydrogens is 336 g/mol. The normalized spacial score (nSPS) is 27.3. The van der Waals surface area contributed by atoms with Gasteiger partial charge in [0.05, 0.1) is 0 Å². The molecule has 3 aliphatic rings. The summed E-state index contributed by atoms with van der Waals surface area (Å²) in [5, 5.41) is 0. The van der Waals surface area contributed by atoms with Gasteiger partial charge >= 0.3 is 0 Å². The van der Waals surface area contributed by atoms with Crippen molar-refractivity contribution in [3.8, 4) is 0 Å². The van der Waals surface area contributed by atoms with E-state index >= 15 is 0 Å². The fourth-order valence-corrected chi connectivity index (χ4v) is 4.86. The molecule has 0 N–H and O–H groups in total. The van der Waals surface area contributed by atoms with E-state index in [9.17, 15) is 4.79 Å². The first kappa shape index (κ1) is 18.2. The van der Waals surface area contributed by atoms with Crippen LogP contribution in [0.4, 0.5) is 5.95 Å². The van der Waals surface area contributed by atoms with Crippen LogP contribution in [0.2, 0.25) is 0 Å². The van der Waals surface area contributed by atoms with Gasteiger partial charge in [-0.2, -0.15) is 0 Å². The van der Waals surface area contributed by atoms with E-state index in [0.717, 1.165) is 55.5 Å². The lowest BCUT2D eigenvalue weighted by atomic mass is 9.82. The van der Waals surface area contributed by atoms with E-state index < -0.39 is 0 Å². The van der Waals surface area contributed by atoms with Gasteiger partial charge in [0.2, 0.25) is 11.9 Å². The SMILES string of the molecule is Cc1cc(C)nc(N2CC3CN(C(=O)C4=CC=CCC4C(C)C)CC3C2)n1. The van der Waals surface area contributed by atoms with Crippen LogP contribution in [0, 0.1) is 37.5 Å². The lowest BCUT2D eigenvalue weighted by Crippen LogP contribution is -2.37. The van der Waals surface area contributed by atoms with Gasteiger partial charge in [0.15, 0.2) is 0 Å². The van der Waals surface area contributed by atoms with Gasteiger partial charge in [0, 0.05) is 55.0 Å². The van der Waals surface area contributed by atoms with Crippen molar-refractivity contribution in [2.24, 2.45) is 23.7 Å². The summed E-state index contributed by atoms with van der Waals surface area (Å²) in [7, 11) is 0. The lowest BCUT2D eigenvalue weighted by molar-refractivity contribution is -0.127. The third-order valence-electron chi connectivity index (χ3n) is 6.28. The highest BCUT2D eigenvalue weighted by Crippen LogP contribution is 2.36. The first-order chi connectivity index (χ1) is 12.9. The van der Waals surface area contributed by atoms with Gasteiger partial charge in [-0.15, -0.1) is 0 Å². The Morgan fingerprint density at radius 3 is 2.30 bits per heavy atom. The molecule has 3 unspecified atom stereocenters. The van der Waals surface area contributed by atoms with E-state index in [2.05, 4.69) is 39.7 Å². The Balaban J connectivity index is 1.43. The molecule has 5 nitrogen and oxygen atoms in total. The molecule has 1 aromatic heterocycles. The van der Waals surface area contributed by atoms with Crippen LogP contribution in [0.5, 0.6) is 0 Å². The van der Waals surface area contributed by atoms with Gasteiger partial charge in [0.1, 0.15) is 0 Å². The minimum atomic E-state index is 0.252. The number of amides is 1. The molecule has 144 valence electrons. The zero-order valence-corrected chi connectivity index (χ0v) is 16.9. The van der Waals surface area contributed by atoms with Crippen molar-refractivity contribution in [2.45, 2.75) is 34.1 Å². The second-order valence-corrected chi connectivity index (χ2v) is 8.72. The number of anilines is 1. The van der Waals surface area contributed by atoms with Crippen molar-refractivity contribution in [1.82, 2.24) is 14.9 Å². The highest BCUT2D eigenvalue weighted by Gasteiger charge is 2.43. The van der Waals surface area contributed by atoms with E-state index in [4.69, 9.17) is 0 Å². The molecule has 1 aromatic rings. The largest absolute Gasteiger partial charge is 0.340 e. The van der Waals surface area contributed by atoms with Crippen LogP contribution in [0.15, 0.2) is 29.9 Å². The van der Waals surface area contributed by atoms with Crippen molar-refractivity contribution in [1.29, 1.82) is 0 Å². The number of hydrogen-bond donors (Lipinski definition) is 0. The Bertz CT molecular complexity index is 763. The summed E-state index contributed by atoms with van der Waals surface area (Å²) in [6.07, 6.45) is 7.25. The molecule has 5 heteroatoms.